The molecule has 0 bridgehead atoms. The first-order chi connectivity index (χ1) is 9.43. The highest BCUT2D eigenvalue weighted by atomic mass is 79.9. The summed E-state index contributed by atoms with van der Waals surface area (Å²) in [5, 5.41) is 0.686. The van der Waals surface area contributed by atoms with Crippen molar-refractivity contribution in [2.24, 2.45) is 11.3 Å². The lowest BCUT2D eigenvalue weighted by molar-refractivity contribution is -0.128. The molecule has 1 saturated carbocycles. The van der Waals surface area contributed by atoms with Gasteiger partial charge in [-0.25, -0.2) is 0 Å². The monoisotopic (exact) mass is 356 g/mol. The van der Waals surface area contributed by atoms with Gasteiger partial charge in [0.1, 0.15) is 5.78 Å². The summed E-state index contributed by atoms with van der Waals surface area (Å²) in [5.74, 6) is 0.949. The van der Waals surface area contributed by atoms with Crippen LogP contribution in [0.2, 0.25) is 5.02 Å². The summed E-state index contributed by atoms with van der Waals surface area (Å²) in [6.45, 7) is 4.42. The third-order valence-electron chi connectivity index (χ3n) is 4.32. The Hall–Kier alpha value is -0.340. The van der Waals surface area contributed by atoms with E-state index in [1.807, 2.05) is 18.2 Å². The van der Waals surface area contributed by atoms with E-state index < -0.39 is 0 Å². The Bertz CT molecular complexity index is 490. The molecule has 1 fully saturated rings. The van der Waals surface area contributed by atoms with Gasteiger partial charge in [-0.1, -0.05) is 60.3 Å². The molecular formula is C17H22BrClO. The number of carbonyl (C=O) groups is 1. The predicted molar refractivity (Wildman–Crippen MR) is 88.2 cm³/mol. The zero-order valence-electron chi connectivity index (χ0n) is 12.2. The molecule has 0 atom stereocenters. The second-order valence-electron chi connectivity index (χ2n) is 6.42. The molecule has 0 unspecified atom stereocenters. The van der Waals surface area contributed by atoms with Crippen LogP contribution in [-0.4, -0.2) is 5.78 Å². The Morgan fingerprint density at radius 3 is 2.55 bits per heavy atom. The maximum Gasteiger partial charge on any atom is 0.143 e. The van der Waals surface area contributed by atoms with E-state index in [9.17, 15) is 4.79 Å². The van der Waals surface area contributed by atoms with Gasteiger partial charge in [-0.05, 0) is 42.9 Å². The van der Waals surface area contributed by atoms with Crippen molar-refractivity contribution in [3.63, 3.8) is 0 Å². The Labute approximate surface area is 135 Å². The predicted octanol–water partition coefficient (Wildman–Crippen LogP) is 5.82. The fraction of sp³-hybridized carbons (Fsp3) is 0.588. The minimum Gasteiger partial charge on any atom is -0.299 e. The minimum atomic E-state index is -0.0927. The van der Waals surface area contributed by atoms with Gasteiger partial charge < -0.3 is 0 Å². The molecule has 0 heterocycles. The number of benzene rings is 1. The van der Waals surface area contributed by atoms with Gasteiger partial charge in [-0.15, -0.1) is 0 Å². The minimum absolute atomic E-state index is 0.0927. The molecule has 0 amide bonds. The van der Waals surface area contributed by atoms with E-state index in [2.05, 4.69) is 29.8 Å². The van der Waals surface area contributed by atoms with Crippen LogP contribution in [0.3, 0.4) is 0 Å². The van der Waals surface area contributed by atoms with Crippen LogP contribution in [0, 0.1) is 11.3 Å². The topological polar surface area (TPSA) is 17.1 Å². The number of rotatable bonds is 5. The van der Waals surface area contributed by atoms with Crippen LogP contribution in [0.4, 0.5) is 0 Å². The van der Waals surface area contributed by atoms with Crippen molar-refractivity contribution in [2.45, 2.75) is 52.4 Å². The normalized spacial score (nSPS) is 17.6. The van der Waals surface area contributed by atoms with Crippen molar-refractivity contribution in [1.29, 1.82) is 0 Å². The molecular weight excluding hydrogens is 336 g/mol. The first kappa shape index (κ1) is 16.0. The highest BCUT2D eigenvalue weighted by Crippen LogP contribution is 2.44. The third kappa shape index (κ3) is 3.65. The lowest BCUT2D eigenvalue weighted by Gasteiger charge is -2.29. The van der Waals surface area contributed by atoms with Crippen molar-refractivity contribution in [3.05, 3.63) is 33.3 Å². The van der Waals surface area contributed by atoms with Crippen LogP contribution in [0.5, 0.6) is 0 Å². The van der Waals surface area contributed by atoms with Crippen LogP contribution < -0.4 is 0 Å². The molecule has 0 aromatic heterocycles. The number of hydrogen-bond acceptors (Lipinski definition) is 1. The molecule has 0 radical (unpaired) electrons. The van der Waals surface area contributed by atoms with Gasteiger partial charge in [0.15, 0.2) is 0 Å². The molecule has 1 aliphatic carbocycles. The fourth-order valence-electron chi connectivity index (χ4n) is 3.46. The van der Waals surface area contributed by atoms with Gasteiger partial charge in [-0.3, -0.25) is 4.79 Å². The number of ketones is 1. The maximum absolute atomic E-state index is 12.8. The fourth-order valence-corrected chi connectivity index (χ4v) is 4.20. The molecule has 110 valence electrons. The van der Waals surface area contributed by atoms with Gasteiger partial charge in [-0.2, -0.15) is 0 Å². The summed E-state index contributed by atoms with van der Waals surface area (Å²) in [6.07, 6.45) is 5.97. The Morgan fingerprint density at radius 1 is 1.35 bits per heavy atom. The molecule has 2 rings (SSSR count). The number of hydrogen-bond donors (Lipinski definition) is 0. The highest BCUT2D eigenvalue weighted by Gasteiger charge is 2.40. The zero-order valence-corrected chi connectivity index (χ0v) is 14.6. The van der Waals surface area contributed by atoms with E-state index in [1.54, 1.807) is 0 Å². The van der Waals surface area contributed by atoms with Gasteiger partial charge in [0.2, 0.25) is 0 Å². The molecule has 1 nitrogen and oxygen atoms in total. The summed E-state index contributed by atoms with van der Waals surface area (Å²) in [5.41, 5.74) is 0.861. The number of Topliss-reactive ketones (excluding diaryl/α,β-unsaturated/α-hetero) is 1. The molecule has 1 aliphatic rings. The second kappa shape index (κ2) is 6.62. The van der Waals surface area contributed by atoms with Gasteiger partial charge in [0.25, 0.3) is 0 Å². The van der Waals surface area contributed by atoms with Gasteiger partial charge >= 0.3 is 0 Å². The van der Waals surface area contributed by atoms with Crippen molar-refractivity contribution in [3.8, 4) is 0 Å². The van der Waals surface area contributed by atoms with Crippen LogP contribution >= 0.6 is 27.5 Å². The molecule has 0 aliphatic heterocycles. The first-order valence-corrected chi connectivity index (χ1v) is 8.57. The van der Waals surface area contributed by atoms with Crippen molar-refractivity contribution < 1.29 is 4.79 Å². The van der Waals surface area contributed by atoms with Crippen LogP contribution in [0.15, 0.2) is 22.7 Å². The molecule has 0 N–H and O–H groups in total. The average Bonchev–Trinajstić information content (AvgIpc) is 2.81. The lowest BCUT2D eigenvalue weighted by atomic mass is 9.73. The summed E-state index contributed by atoms with van der Waals surface area (Å²) in [7, 11) is 0. The molecule has 3 heteroatoms. The molecule has 0 spiro atoms. The van der Waals surface area contributed by atoms with Crippen LogP contribution in [0.25, 0.3) is 0 Å². The van der Waals surface area contributed by atoms with E-state index >= 15 is 0 Å². The largest absolute Gasteiger partial charge is 0.299 e. The molecule has 20 heavy (non-hydrogen) atoms. The second-order valence-corrected chi connectivity index (χ2v) is 7.74. The van der Waals surface area contributed by atoms with E-state index in [1.165, 1.54) is 12.8 Å². The smallest absolute Gasteiger partial charge is 0.143 e. The quantitative estimate of drug-likeness (QED) is 0.649. The van der Waals surface area contributed by atoms with Gasteiger partial charge in [0, 0.05) is 21.3 Å². The highest BCUT2D eigenvalue weighted by molar-refractivity contribution is 9.10. The van der Waals surface area contributed by atoms with E-state index in [0.717, 1.165) is 29.3 Å². The zero-order chi connectivity index (χ0) is 14.8. The molecule has 1 aromatic carbocycles. The third-order valence-corrected chi connectivity index (χ3v) is 5.16. The summed E-state index contributed by atoms with van der Waals surface area (Å²) < 4.78 is 0.955. The van der Waals surface area contributed by atoms with E-state index in [4.69, 9.17) is 11.6 Å². The van der Waals surface area contributed by atoms with Crippen LogP contribution in [-0.2, 0) is 11.2 Å². The van der Waals surface area contributed by atoms with Gasteiger partial charge in [0.05, 0.1) is 0 Å². The average molecular weight is 358 g/mol. The molecule has 0 saturated heterocycles. The first-order valence-electron chi connectivity index (χ1n) is 7.40. The van der Waals surface area contributed by atoms with Crippen molar-refractivity contribution >= 4 is 33.3 Å². The molecule has 1 aromatic rings. The van der Waals surface area contributed by atoms with Crippen molar-refractivity contribution in [2.75, 3.05) is 0 Å². The maximum atomic E-state index is 12.8. The number of carbonyl (C=O) groups excluding carboxylic acids is 1. The van der Waals surface area contributed by atoms with E-state index in [0.29, 0.717) is 23.1 Å². The Balaban J connectivity index is 2.16. The Morgan fingerprint density at radius 2 is 2.00 bits per heavy atom. The van der Waals surface area contributed by atoms with Crippen molar-refractivity contribution in [1.82, 2.24) is 0 Å². The number of halogens is 2. The van der Waals surface area contributed by atoms with E-state index in [-0.39, 0.29) is 5.41 Å². The summed E-state index contributed by atoms with van der Waals surface area (Å²) in [6, 6.07) is 5.79. The SMILES string of the molecule is CC(C)CC1(C(=O)Cc2ccc(Br)cc2Cl)CCCC1. The summed E-state index contributed by atoms with van der Waals surface area (Å²) >= 11 is 9.65. The standard InChI is InChI=1S/C17H22BrClO/c1-12(2)11-17(7-3-4-8-17)16(20)9-13-5-6-14(18)10-15(13)19/h5-6,10,12H,3-4,7-9,11H2,1-2H3. The Kier molecular flexibility index (Phi) is 5.30. The van der Waals surface area contributed by atoms with Crippen LogP contribution in [0.1, 0.15) is 51.5 Å². The summed E-state index contributed by atoms with van der Waals surface area (Å²) in [4.78, 5) is 12.8. The lowest BCUT2D eigenvalue weighted by Crippen LogP contribution is -2.31.